The van der Waals surface area contributed by atoms with Gasteiger partial charge in [-0.15, -0.1) is 0 Å². The van der Waals surface area contributed by atoms with Crippen molar-refractivity contribution in [2.24, 2.45) is 0 Å². The van der Waals surface area contributed by atoms with E-state index >= 15 is 0 Å². The van der Waals surface area contributed by atoms with Crippen LogP contribution in [0.25, 0.3) is 0 Å². The standard InChI is InChI=1S/C14H19BrO4/c1-3-5-13(14(17)18-4-2)19-12-7-6-11(15)8-10(12)9-16/h6-8,13,16H,3-5,9H2,1-2H3. The third-order valence-electron chi connectivity index (χ3n) is 2.56. The number of carbonyl (C=O) groups is 1. The van der Waals surface area contributed by atoms with E-state index < -0.39 is 6.10 Å². The van der Waals surface area contributed by atoms with Gasteiger partial charge in [0.05, 0.1) is 13.2 Å². The highest BCUT2D eigenvalue weighted by atomic mass is 79.9. The van der Waals surface area contributed by atoms with Crippen molar-refractivity contribution in [2.75, 3.05) is 6.61 Å². The van der Waals surface area contributed by atoms with Crippen molar-refractivity contribution in [3.63, 3.8) is 0 Å². The smallest absolute Gasteiger partial charge is 0.347 e. The fraction of sp³-hybridized carbons (Fsp3) is 0.500. The third-order valence-corrected chi connectivity index (χ3v) is 3.06. The summed E-state index contributed by atoms with van der Waals surface area (Å²) in [7, 11) is 0. The lowest BCUT2D eigenvalue weighted by Gasteiger charge is -2.18. The molecule has 1 atom stereocenters. The molecule has 106 valence electrons. The zero-order valence-electron chi connectivity index (χ0n) is 11.2. The summed E-state index contributed by atoms with van der Waals surface area (Å²) in [5.41, 5.74) is 0.639. The van der Waals surface area contributed by atoms with Crippen LogP contribution in [0.15, 0.2) is 22.7 Å². The highest BCUT2D eigenvalue weighted by molar-refractivity contribution is 9.10. The molecule has 0 aromatic heterocycles. The van der Waals surface area contributed by atoms with Crippen molar-refractivity contribution in [3.05, 3.63) is 28.2 Å². The number of ether oxygens (including phenoxy) is 2. The molecule has 0 spiro atoms. The highest BCUT2D eigenvalue weighted by Gasteiger charge is 2.21. The van der Waals surface area contributed by atoms with E-state index in [4.69, 9.17) is 9.47 Å². The monoisotopic (exact) mass is 330 g/mol. The predicted molar refractivity (Wildman–Crippen MR) is 76.0 cm³/mol. The Morgan fingerprint density at radius 2 is 2.16 bits per heavy atom. The normalized spacial score (nSPS) is 12.0. The molecule has 1 aromatic carbocycles. The number of hydrogen-bond donors (Lipinski definition) is 1. The molecule has 4 nitrogen and oxygen atoms in total. The van der Waals surface area contributed by atoms with Crippen LogP contribution < -0.4 is 4.74 Å². The summed E-state index contributed by atoms with van der Waals surface area (Å²) in [5.74, 6) is 0.147. The number of aliphatic hydroxyl groups excluding tert-OH is 1. The van der Waals surface area contributed by atoms with Gasteiger partial charge in [-0.2, -0.15) is 0 Å². The van der Waals surface area contributed by atoms with E-state index in [2.05, 4.69) is 15.9 Å². The SMILES string of the molecule is CCCC(Oc1ccc(Br)cc1CO)C(=O)OCC. The maximum Gasteiger partial charge on any atom is 0.347 e. The van der Waals surface area contributed by atoms with Crippen LogP contribution in [0.2, 0.25) is 0 Å². The third kappa shape index (κ3) is 4.84. The quantitative estimate of drug-likeness (QED) is 0.780. The van der Waals surface area contributed by atoms with Gasteiger partial charge in [0.2, 0.25) is 0 Å². The number of halogens is 1. The van der Waals surface area contributed by atoms with Gasteiger partial charge in [0.25, 0.3) is 0 Å². The van der Waals surface area contributed by atoms with Gasteiger partial charge < -0.3 is 14.6 Å². The summed E-state index contributed by atoms with van der Waals surface area (Å²) in [6.45, 7) is 3.93. The van der Waals surface area contributed by atoms with Crippen LogP contribution in [0.4, 0.5) is 0 Å². The summed E-state index contributed by atoms with van der Waals surface area (Å²) in [5, 5.41) is 9.31. The van der Waals surface area contributed by atoms with Crippen LogP contribution in [0.5, 0.6) is 5.75 Å². The zero-order chi connectivity index (χ0) is 14.3. The maximum atomic E-state index is 11.8. The van der Waals surface area contributed by atoms with Crippen molar-refractivity contribution in [1.29, 1.82) is 0 Å². The van der Waals surface area contributed by atoms with Gasteiger partial charge in [-0.25, -0.2) is 4.79 Å². The molecule has 0 radical (unpaired) electrons. The fourth-order valence-electron chi connectivity index (χ4n) is 1.66. The first-order chi connectivity index (χ1) is 9.12. The summed E-state index contributed by atoms with van der Waals surface area (Å²) < 4.78 is 11.5. The summed E-state index contributed by atoms with van der Waals surface area (Å²) in [4.78, 5) is 11.8. The lowest BCUT2D eigenvalue weighted by atomic mass is 10.2. The zero-order valence-corrected chi connectivity index (χ0v) is 12.8. The molecular formula is C14H19BrO4. The van der Waals surface area contributed by atoms with Crippen LogP contribution in [-0.2, 0) is 16.1 Å². The van der Waals surface area contributed by atoms with E-state index in [0.29, 0.717) is 24.3 Å². The molecule has 1 aromatic rings. The van der Waals surface area contributed by atoms with Crippen molar-refractivity contribution in [2.45, 2.75) is 39.4 Å². The number of rotatable bonds is 7. The maximum absolute atomic E-state index is 11.8. The molecule has 0 saturated heterocycles. The molecule has 19 heavy (non-hydrogen) atoms. The molecule has 1 unspecified atom stereocenters. The fourth-order valence-corrected chi connectivity index (χ4v) is 2.07. The Kier molecular flexibility index (Phi) is 6.87. The van der Waals surface area contributed by atoms with Gasteiger partial charge in [-0.1, -0.05) is 29.3 Å². The average molecular weight is 331 g/mol. The van der Waals surface area contributed by atoms with Crippen molar-refractivity contribution >= 4 is 21.9 Å². The Morgan fingerprint density at radius 1 is 1.42 bits per heavy atom. The summed E-state index contributed by atoms with van der Waals surface area (Å²) in [6.07, 6.45) is 0.769. The Bertz CT molecular complexity index is 420. The van der Waals surface area contributed by atoms with Gasteiger partial charge in [0.15, 0.2) is 6.10 Å². The van der Waals surface area contributed by atoms with Crippen LogP contribution in [0, 0.1) is 0 Å². The molecule has 0 aliphatic heterocycles. The molecule has 1 rings (SSSR count). The molecule has 0 bridgehead atoms. The van der Waals surface area contributed by atoms with Gasteiger partial charge in [-0.3, -0.25) is 0 Å². The van der Waals surface area contributed by atoms with E-state index in [1.165, 1.54) is 0 Å². The van der Waals surface area contributed by atoms with E-state index in [1.807, 2.05) is 13.0 Å². The Hall–Kier alpha value is -1.07. The largest absolute Gasteiger partial charge is 0.478 e. The molecular weight excluding hydrogens is 312 g/mol. The average Bonchev–Trinajstić information content (AvgIpc) is 2.40. The Labute approximate surface area is 121 Å². The minimum absolute atomic E-state index is 0.142. The minimum atomic E-state index is -0.628. The molecule has 0 aliphatic rings. The van der Waals surface area contributed by atoms with Gasteiger partial charge in [-0.05, 0) is 31.5 Å². The summed E-state index contributed by atoms with van der Waals surface area (Å²) >= 11 is 3.33. The number of hydrogen-bond acceptors (Lipinski definition) is 4. The van der Waals surface area contributed by atoms with Gasteiger partial charge >= 0.3 is 5.97 Å². The molecule has 5 heteroatoms. The van der Waals surface area contributed by atoms with Crippen molar-refractivity contribution in [1.82, 2.24) is 0 Å². The summed E-state index contributed by atoms with van der Waals surface area (Å²) in [6, 6.07) is 5.31. The number of carbonyl (C=O) groups excluding carboxylic acids is 1. The molecule has 0 aliphatic carbocycles. The molecule has 0 heterocycles. The molecule has 0 amide bonds. The van der Waals surface area contributed by atoms with E-state index in [1.54, 1.807) is 19.1 Å². The molecule has 1 N–H and O–H groups in total. The minimum Gasteiger partial charge on any atom is -0.478 e. The van der Waals surface area contributed by atoms with E-state index in [0.717, 1.165) is 10.9 Å². The lowest BCUT2D eigenvalue weighted by Crippen LogP contribution is -2.29. The van der Waals surface area contributed by atoms with Gasteiger partial charge in [0.1, 0.15) is 5.75 Å². The first-order valence-electron chi connectivity index (χ1n) is 6.34. The van der Waals surface area contributed by atoms with Crippen LogP contribution in [0.3, 0.4) is 0 Å². The molecule has 0 saturated carbocycles. The second-order valence-corrected chi connectivity index (χ2v) is 4.97. The van der Waals surface area contributed by atoms with Crippen LogP contribution in [0.1, 0.15) is 32.3 Å². The van der Waals surface area contributed by atoms with Crippen LogP contribution in [-0.4, -0.2) is 23.8 Å². The van der Waals surface area contributed by atoms with Crippen molar-refractivity contribution < 1.29 is 19.4 Å². The lowest BCUT2D eigenvalue weighted by molar-refractivity contribution is -0.151. The number of esters is 1. The topological polar surface area (TPSA) is 55.8 Å². The Balaban J connectivity index is 2.86. The Morgan fingerprint density at radius 3 is 2.74 bits per heavy atom. The van der Waals surface area contributed by atoms with E-state index in [-0.39, 0.29) is 12.6 Å². The predicted octanol–water partition coefficient (Wildman–Crippen LogP) is 3.05. The first kappa shape index (κ1) is 16.0. The van der Waals surface area contributed by atoms with Crippen LogP contribution >= 0.6 is 15.9 Å². The molecule has 0 fully saturated rings. The first-order valence-corrected chi connectivity index (χ1v) is 7.14. The second-order valence-electron chi connectivity index (χ2n) is 4.06. The number of benzene rings is 1. The van der Waals surface area contributed by atoms with Gasteiger partial charge in [0, 0.05) is 10.0 Å². The van der Waals surface area contributed by atoms with E-state index in [9.17, 15) is 9.90 Å². The van der Waals surface area contributed by atoms with Crippen molar-refractivity contribution in [3.8, 4) is 5.75 Å². The second kappa shape index (κ2) is 8.17. The number of aliphatic hydroxyl groups is 1. The highest BCUT2D eigenvalue weighted by Crippen LogP contribution is 2.25.